The Morgan fingerprint density at radius 1 is 1.27 bits per heavy atom. The second-order valence-electron chi connectivity index (χ2n) is 5.64. The van der Waals surface area contributed by atoms with Crippen LogP contribution in [-0.4, -0.2) is 32.7 Å². The van der Waals surface area contributed by atoms with Crippen LogP contribution in [0.3, 0.4) is 0 Å². The predicted molar refractivity (Wildman–Crippen MR) is 97.5 cm³/mol. The number of aromatic nitrogens is 3. The molecule has 8 heteroatoms. The highest BCUT2D eigenvalue weighted by atomic mass is 32.2. The lowest BCUT2D eigenvalue weighted by molar-refractivity contribution is 0.0949. The lowest BCUT2D eigenvalue weighted by Crippen LogP contribution is -2.26. The summed E-state index contributed by atoms with van der Waals surface area (Å²) in [6.07, 6.45) is 2.10. The summed E-state index contributed by atoms with van der Waals surface area (Å²) in [6, 6.07) is 10.9. The molecule has 2 heterocycles. The summed E-state index contributed by atoms with van der Waals surface area (Å²) in [7, 11) is 0. The number of aryl methyl sites for hydroxylation is 2. The number of thioether (sulfide) groups is 1. The molecule has 0 aliphatic carbocycles. The highest BCUT2D eigenvalue weighted by Crippen LogP contribution is 2.26. The van der Waals surface area contributed by atoms with Crippen molar-refractivity contribution < 1.29 is 13.6 Å². The van der Waals surface area contributed by atoms with Gasteiger partial charge in [0.05, 0.1) is 16.6 Å². The average Bonchev–Trinajstić information content (AvgIpc) is 2.94. The van der Waals surface area contributed by atoms with Crippen molar-refractivity contribution in [2.45, 2.75) is 30.7 Å². The monoisotopic (exact) mass is 376 g/mol. The Hall–Kier alpha value is -2.48. The number of halogens is 2. The normalized spacial score (nSPS) is 11.2. The largest absolute Gasteiger partial charge is 0.352 e. The van der Waals surface area contributed by atoms with Crippen molar-refractivity contribution in [3.05, 3.63) is 54.0 Å². The first-order valence-corrected chi connectivity index (χ1v) is 9.04. The number of imidazole rings is 1. The van der Waals surface area contributed by atoms with Crippen LogP contribution in [0.4, 0.5) is 8.78 Å². The van der Waals surface area contributed by atoms with Crippen molar-refractivity contribution in [3.63, 3.8) is 0 Å². The van der Waals surface area contributed by atoms with E-state index in [1.807, 2.05) is 31.2 Å². The Morgan fingerprint density at radius 2 is 2.08 bits per heavy atom. The minimum absolute atomic E-state index is 0.0384. The molecule has 0 bridgehead atoms. The highest BCUT2D eigenvalue weighted by Gasteiger charge is 2.16. The summed E-state index contributed by atoms with van der Waals surface area (Å²) in [5, 5.41) is 2.81. The van der Waals surface area contributed by atoms with Gasteiger partial charge in [-0.25, -0.2) is 9.97 Å². The standard InChI is InChI=1S/C18H18F2N4OS/c1-12-23-14-7-2-3-8-15(14)24(12)11-5-10-21-16(25)13-6-4-9-22-17(13)26-18(19)20/h2-4,6-9,18H,5,10-11H2,1H3,(H,21,25). The number of hydrogen-bond donors (Lipinski definition) is 1. The number of carbonyl (C=O) groups excluding carboxylic acids is 1. The van der Waals surface area contributed by atoms with E-state index >= 15 is 0 Å². The summed E-state index contributed by atoms with van der Waals surface area (Å²) >= 11 is 0.276. The van der Waals surface area contributed by atoms with Crippen molar-refractivity contribution in [3.8, 4) is 0 Å². The van der Waals surface area contributed by atoms with Crippen LogP contribution in [0.1, 0.15) is 22.6 Å². The van der Waals surface area contributed by atoms with E-state index in [0.29, 0.717) is 19.5 Å². The SMILES string of the molecule is Cc1nc2ccccc2n1CCCNC(=O)c1cccnc1SC(F)F. The molecule has 0 atom stereocenters. The Morgan fingerprint density at radius 3 is 2.88 bits per heavy atom. The van der Waals surface area contributed by atoms with Crippen molar-refractivity contribution in [1.82, 2.24) is 19.9 Å². The Labute approximate surface area is 153 Å². The van der Waals surface area contributed by atoms with E-state index in [4.69, 9.17) is 0 Å². The average molecular weight is 376 g/mol. The number of pyridine rings is 1. The molecule has 0 aliphatic rings. The van der Waals surface area contributed by atoms with E-state index in [9.17, 15) is 13.6 Å². The van der Waals surface area contributed by atoms with Gasteiger partial charge in [-0.15, -0.1) is 0 Å². The van der Waals surface area contributed by atoms with Gasteiger partial charge in [0.2, 0.25) is 0 Å². The fourth-order valence-corrected chi connectivity index (χ4v) is 3.33. The second kappa shape index (κ2) is 8.27. The molecule has 1 N–H and O–H groups in total. The third-order valence-electron chi connectivity index (χ3n) is 3.91. The molecule has 3 aromatic rings. The van der Waals surface area contributed by atoms with Gasteiger partial charge in [-0.2, -0.15) is 8.78 Å². The predicted octanol–water partition coefficient (Wildman–Crippen LogP) is 3.87. The molecule has 26 heavy (non-hydrogen) atoms. The molecule has 0 spiro atoms. The molecule has 3 rings (SSSR count). The number of rotatable bonds is 7. The Bertz CT molecular complexity index is 913. The number of hydrogen-bond acceptors (Lipinski definition) is 4. The van der Waals surface area contributed by atoms with Crippen molar-refractivity contribution >= 4 is 28.7 Å². The third-order valence-corrected chi connectivity index (χ3v) is 4.63. The smallest absolute Gasteiger partial charge is 0.290 e. The number of benzene rings is 1. The van der Waals surface area contributed by atoms with Gasteiger partial charge in [0.15, 0.2) is 0 Å². The van der Waals surface area contributed by atoms with Crippen LogP contribution in [0.2, 0.25) is 0 Å². The summed E-state index contributed by atoms with van der Waals surface area (Å²) in [4.78, 5) is 20.6. The maximum atomic E-state index is 12.6. The van der Waals surface area contributed by atoms with Crippen LogP contribution < -0.4 is 5.32 Å². The maximum Gasteiger partial charge on any atom is 0.290 e. The zero-order chi connectivity index (χ0) is 18.5. The van der Waals surface area contributed by atoms with Gasteiger partial charge in [0.1, 0.15) is 10.9 Å². The first kappa shape index (κ1) is 18.3. The Balaban J connectivity index is 1.58. The lowest BCUT2D eigenvalue weighted by Gasteiger charge is -2.10. The molecule has 2 aromatic heterocycles. The molecule has 136 valence electrons. The Kier molecular flexibility index (Phi) is 5.82. The van der Waals surface area contributed by atoms with E-state index in [1.54, 1.807) is 6.07 Å². The minimum Gasteiger partial charge on any atom is -0.352 e. The van der Waals surface area contributed by atoms with Crippen LogP contribution in [0, 0.1) is 6.92 Å². The van der Waals surface area contributed by atoms with E-state index in [1.165, 1.54) is 12.3 Å². The molecule has 0 radical (unpaired) electrons. The van der Waals surface area contributed by atoms with Crippen LogP contribution in [-0.2, 0) is 6.54 Å². The molecule has 1 aromatic carbocycles. The molecular formula is C18H18F2N4OS. The third kappa shape index (κ3) is 4.19. The van der Waals surface area contributed by atoms with E-state index < -0.39 is 11.7 Å². The van der Waals surface area contributed by atoms with Crippen LogP contribution >= 0.6 is 11.8 Å². The quantitative estimate of drug-likeness (QED) is 0.502. The molecule has 0 saturated heterocycles. The molecule has 1 amide bonds. The molecule has 0 aliphatic heterocycles. The number of amides is 1. The van der Waals surface area contributed by atoms with Gasteiger partial charge in [-0.05, 0) is 49.4 Å². The van der Waals surface area contributed by atoms with Crippen LogP contribution in [0.5, 0.6) is 0 Å². The number of fused-ring (bicyclic) bond motifs is 1. The highest BCUT2D eigenvalue weighted by molar-refractivity contribution is 7.99. The number of nitrogens with one attached hydrogen (secondary N) is 1. The van der Waals surface area contributed by atoms with Crippen molar-refractivity contribution in [1.29, 1.82) is 0 Å². The summed E-state index contributed by atoms with van der Waals surface area (Å²) in [5.41, 5.74) is 2.17. The lowest BCUT2D eigenvalue weighted by atomic mass is 10.2. The molecule has 0 unspecified atom stereocenters. The number of carbonyl (C=O) groups is 1. The van der Waals surface area contributed by atoms with E-state index in [-0.39, 0.29) is 22.4 Å². The van der Waals surface area contributed by atoms with E-state index in [2.05, 4.69) is 19.9 Å². The summed E-state index contributed by atoms with van der Waals surface area (Å²) in [6.45, 7) is 3.08. The zero-order valence-electron chi connectivity index (χ0n) is 14.2. The van der Waals surface area contributed by atoms with Crippen LogP contribution in [0.15, 0.2) is 47.6 Å². The summed E-state index contributed by atoms with van der Waals surface area (Å²) in [5.74, 6) is -2.09. The van der Waals surface area contributed by atoms with Gasteiger partial charge < -0.3 is 9.88 Å². The number of para-hydroxylation sites is 2. The van der Waals surface area contributed by atoms with Crippen molar-refractivity contribution in [2.75, 3.05) is 6.54 Å². The summed E-state index contributed by atoms with van der Waals surface area (Å²) < 4.78 is 27.3. The maximum absolute atomic E-state index is 12.6. The van der Waals surface area contributed by atoms with E-state index in [0.717, 1.165) is 16.9 Å². The van der Waals surface area contributed by atoms with Crippen molar-refractivity contribution in [2.24, 2.45) is 0 Å². The molecular weight excluding hydrogens is 358 g/mol. The molecule has 0 saturated carbocycles. The fourth-order valence-electron chi connectivity index (χ4n) is 2.75. The van der Waals surface area contributed by atoms with Gasteiger partial charge >= 0.3 is 0 Å². The van der Waals surface area contributed by atoms with Gasteiger partial charge in [-0.1, -0.05) is 12.1 Å². The van der Waals surface area contributed by atoms with Gasteiger partial charge in [0.25, 0.3) is 11.7 Å². The molecule has 5 nitrogen and oxygen atoms in total. The topological polar surface area (TPSA) is 59.8 Å². The minimum atomic E-state index is -2.62. The van der Waals surface area contributed by atoms with Crippen LogP contribution in [0.25, 0.3) is 11.0 Å². The fraction of sp³-hybridized carbons (Fsp3) is 0.278. The molecule has 0 fully saturated rings. The number of nitrogens with zero attached hydrogens (tertiary/aromatic N) is 3. The number of alkyl halides is 2. The van der Waals surface area contributed by atoms with Gasteiger partial charge in [0, 0.05) is 19.3 Å². The first-order chi connectivity index (χ1) is 12.6. The van der Waals surface area contributed by atoms with Gasteiger partial charge in [-0.3, -0.25) is 4.79 Å². The zero-order valence-corrected chi connectivity index (χ0v) is 15.0. The second-order valence-corrected chi connectivity index (χ2v) is 6.62. The first-order valence-electron chi connectivity index (χ1n) is 8.16.